The lowest BCUT2D eigenvalue weighted by atomic mass is 9.90. The average molecular weight is 561 g/mol. The van der Waals surface area contributed by atoms with Gasteiger partial charge in [-0.15, -0.1) is 0 Å². The van der Waals surface area contributed by atoms with Crippen LogP contribution in [-0.2, 0) is 33.3 Å². The highest BCUT2D eigenvalue weighted by molar-refractivity contribution is 5.82. The molecule has 0 spiro atoms. The van der Waals surface area contributed by atoms with Gasteiger partial charge in [0.15, 0.2) is 0 Å². The number of hydrogen-bond acceptors (Lipinski definition) is 8. The van der Waals surface area contributed by atoms with E-state index in [2.05, 4.69) is 19.9 Å². The fourth-order valence-corrected chi connectivity index (χ4v) is 5.14. The predicted molar refractivity (Wildman–Crippen MR) is 153 cm³/mol. The van der Waals surface area contributed by atoms with Gasteiger partial charge in [-0.2, -0.15) is 0 Å². The van der Waals surface area contributed by atoms with E-state index in [4.69, 9.17) is 18.9 Å². The van der Waals surface area contributed by atoms with Crippen LogP contribution in [0.3, 0.4) is 0 Å². The molecule has 0 aromatic carbocycles. The summed E-state index contributed by atoms with van der Waals surface area (Å²) in [5.74, 6) is -1.03. The van der Waals surface area contributed by atoms with Crippen molar-refractivity contribution in [3.05, 3.63) is 48.1 Å². The van der Waals surface area contributed by atoms with Crippen LogP contribution >= 0.6 is 0 Å². The molecule has 8 heteroatoms. The zero-order chi connectivity index (χ0) is 30.0. The van der Waals surface area contributed by atoms with Gasteiger partial charge in [-0.1, -0.05) is 58.1 Å². The summed E-state index contributed by atoms with van der Waals surface area (Å²) in [7, 11) is 0. The largest absolute Gasteiger partial charge is 0.462 e. The Hall–Kier alpha value is -2.71. The smallest absolute Gasteiger partial charge is 0.331 e. The van der Waals surface area contributed by atoms with Gasteiger partial charge in [0.05, 0.1) is 12.2 Å². The molecule has 8 nitrogen and oxygen atoms in total. The number of cyclic esters (lactones) is 1. The number of ether oxygens (including phenoxy) is 4. The maximum Gasteiger partial charge on any atom is 0.331 e. The Morgan fingerprint density at radius 2 is 1.90 bits per heavy atom. The van der Waals surface area contributed by atoms with Crippen LogP contribution in [0.2, 0.25) is 0 Å². The van der Waals surface area contributed by atoms with Gasteiger partial charge in [-0.05, 0) is 57.1 Å². The van der Waals surface area contributed by atoms with Crippen molar-refractivity contribution in [2.45, 2.75) is 117 Å². The summed E-state index contributed by atoms with van der Waals surface area (Å²) in [5, 5.41) is 10.9. The second-order valence-electron chi connectivity index (χ2n) is 11.5. The molecule has 1 N–H and O–H groups in total. The molecule has 0 aromatic heterocycles. The number of esters is 3. The normalized spacial score (nSPS) is 31.9. The number of allylic oxidation sites excluding steroid dienone is 4. The zero-order valence-electron chi connectivity index (χ0n) is 25.3. The number of carbonyl (C=O) groups excluding carboxylic acids is 3. The number of aliphatic hydroxyl groups is 1. The van der Waals surface area contributed by atoms with E-state index in [1.807, 2.05) is 39.0 Å². The highest BCUT2D eigenvalue weighted by Gasteiger charge is 2.46. The fourth-order valence-electron chi connectivity index (χ4n) is 5.14. The van der Waals surface area contributed by atoms with Crippen LogP contribution in [0.1, 0.15) is 81.1 Å². The maximum atomic E-state index is 12.5. The first-order valence-corrected chi connectivity index (χ1v) is 14.4. The average Bonchev–Trinajstić information content (AvgIpc) is 3.63. The molecule has 224 valence electrons. The van der Waals surface area contributed by atoms with E-state index in [-0.39, 0.29) is 42.0 Å². The first-order chi connectivity index (χ1) is 18.7. The van der Waals surface area contributed by atoms with Gasteiger partial charge in [-0.25, -0.2) is 4.79 Å². The molecule has 2 aliphatic rings. The van der Waals surface area contributed by atoms with Crippen LogP contribution in [0.5, 0.6) is 0 Å². The van der Waals surface area contributed by atoms with Crippen LogP contribution in [0.15, 0.2) is 48.1 Å². The number of rotatable bonds is 10. The third-order valence-electron chi connectivity index (χ3n) is 7.58. The Kier molecular flexibility index (Phi) is 12.8. The minimum atomic E-state index is -1.28. The van der Waals surface area contributed by atoms with Gasteiger partial charge >= 0.3 is 17.9 Å². The minimum Gasteiger partial charge on any atom is -0.462 e. The first-order valence-electron chi connectivity index (χ1n) is 14.4. The Morgan fingerprint density at radius 1 is 1.20 bits per heavy atom. The summed E-state index contributed by atoms with van der Waals surface area (Å²) in [5.41, 5.74) is -0.425. The van der Waals surface area contributed by atoms with E-state index in [1.165, 1.54) is 19.9 Å². The summed E-state index contributed by atoms with van der Waals surface area (Å²) in [4.78, 5) is 35.5. The number of epoxide rings is 1. The van der Waals surface area contributed by atoms with Crippen LogP contribution in [-0.4, -0.2) is 59.1 Å². The molecule has 2 heterocycles. The van der Waals surface area contributed by atoms with E-state index in [0.717, 1.165) is 18.4 Å². The molecule has 0 amide bonds. The summed E-state index contributed by atoms with van der Waals surface area (Å²) >= 11 is 0. The van der Waals surface area contributed by atoms with Gasteiger partial charge in [0, 0.05) is 31.8 Å². The lowest BCUT2D eigenvalue weighted by molar-refractivity contribution is -0.156. The lowest BCUT2D eigenvalue weighted by Crippen LogP contribution is -2.41. The topological polar surface area (TPSA) is 112 Å². The molecule has 2 aliphatic heterocycles. The van der Waals surface area contributed by atoms with Gasteiger partial charge < -0.3 is 24.1 Å². The highest BCUT2D eigenvalue weighted by atomic mass is 16.6. The van der Waals surface area contributed by atoms with Crippen molar-refractivity contribution in [1.29, 1.82) is 0 Å². The molecule has 9 unspecified atom stereocenters. The second kappa shape index (κ2) is 15.3. The Bertz CT molecular complexity index is 991. The van der Waals surface area contributed by atoms with Crippen molar-refractivity contribution in [2.24, 2.45) is 17.8 Å². The monoisotopic (exact) mass is 560 g/mol. The molecular formula is C32H48O8. The quantitative estimate of drug-likeness (QED) is 0.124. The Balaban J connectivity index is 2.07. The lowest BCUT2D eigenvalue weighted by Gasteiger charge is -2.31. The van der Waals surface area contributed by atoms with E-state index in [0.29, 0.717) is 12.8 Å². The van der Waals surface area contributed by atoms with E-state index < -0.39 is 29.7 Å². The van der Waals surface area contributed by atoms with Crippen molar-refractivity contribution >= 4 is 17.9 Å². The maximum absolute atomic E-state index is 12.5. The standard InChI is InChI=1S/C32H48O8/c1-9-26(37-24(6)33)23(5)31-27(39-31)19-20(2)13-12-14-21(3)30-22(4)16-17-28(38-25(7)34)32(8,36)18-11-10-15-29(35)40-30/h10,12-17,20,22-23,26-28,30-31,36H,9,11,18-19H2,1-8H3. The summed E-state index contributed by atoms with van der Waals surface area (Å²) in [6, 6.07) is 0. The van der Waals surface area contributed by atoms with Crippen molar-refractivity contribution in [3.63, 3.8) is 0 Å². The van der Waals surface area contributed by atoms with Gasteiger partial charge in [0.1, 0.15) is 23.9 Å². The van der Waals surface area contributed by atoms with Crippen LogP contribution in [0, 0.1) is 17.8 Å². The molecule has 0 radical (unpaired) electrons. The third-order valence-corrected chi connectivity index (χ3v) is 7.58. The molecule has 40 heavy (non-hydrogen) atoms. The predicted octanol–water partition coefficient (Wildman–Crippen LogP) is 5.40. The van der Waals surface area contributed by atoms with E-state index >= 15 is 0 Å². The molecule has 2 rings (SSSR count). The molecule has 0 aliphatic carbocycles. The van der Waals surface area contributed by atoms with Crippen LogP contribution in [0.4, 0.5) is 0 Å². The van der Waals surface area contributed by atoms with Crippen LogP contribution < -0.4 is 0 Å². The van der Waals surface area contributed by atoms with E-state index in [1.54, 1.807) is 19.1 Å². The fraction of sp³-hybridized carbons (Fsp3) is 0.656. The van der Waals surface area contributed by atoms with Crippen molar-refractivity contribution in [3.8, 4) is 0 Å². The molecule has 0 aromatic rings. The molecule has 0 bridgehead atoms. The van der Waals surface area contributed by atoms with Crippen molar-refractivity contribution in [2.75, 3.05) is 0 Å². The summed E-state index contributed by atoms with van der Waals surface area (Å²) in [6.07, 6.45) is 13.6. The zero-order valence-corrected chi connectivity index (χ0v) is 25.3. The van der Waals surface area contributed by atoms with Crippen molar-refractivity contribution in [1.82, 2.24) is 0 Å². The number of hydrogen-bond donors (Lipinski definition) is 1. The Labute approximate surface area is 239 Å². The molecule has 9 atom stereocenters. The van der Waals surface area contributed by atoms with Gasteiger partial charge in [0.25, 0.3) is 0 Å². The minimum absolute atomic E-state index is 0.0883. The summed E-state index contributed by atoms with van der Waals surface area (Å²) < 4.78 is 22.5. The number of carbonyl (C=O) groups is 3. The molecule has 1 fully saturated rings. The highest BCUT2D eigenvalue weighted by Crippen LogP contribution is 2.37. The first kappa shape index (κ1) is 33.5. The van der Waals surface area contributed by atoms with Gasteiger partial charge in [-0.3, -0.25) is 9.59 Å². The third kappa shape index (κ3) is 10.7. The Morgan fingerprint density at radius 3 is 2.52 bits per heavy atom. The molecule has 0 saturated carbocycles. The van der Waals surface area contributed by atoms with E-state index in [9.17, 15) is 19.5 Å². The molecule has 1 saturated heterocycles. The SMILES string of the molecule is CCC(OC(C)=O)C(C)C1OC1CC(C)C=CC=C(C)C1OC(=O)C=CCCC(C)(O)C(OC(C)=O)C=CC1C. The summed E-state index contributed by atoms with van der Waals surface area (Å²) in [6.45, 7) is 14.4. The molecular weight excluding hydrogens is 512 g/mol. The van der Waals surface area contributed by atoms with Crippen LogP contribution in [0.25, 0.3) is 0 Å². The second-order valence-corrected chi connectivity index (χ2v) is 11.5. The van der Waals surface area contributed by atoms with Crippen molar-refractivity contribution < 1.29 is 38.4 Å². The van der Waals surface area contributed by atoms with Gasteiger partial charge in [0.2, 0.25) is 0 Å².